The SMILES string of the molecule is Cc1ccc(/C=C/C(=O)N2CCN(c3ccc(C(F)(F)F)cn3)CC2)o1. The molecule has 1 saturated heterocycles. The average molecular weight is 365 g/mol. The van der Waals surface area contributed by atoms with Gasteiger partial charge in [0.25, 0.3) is 0 Å². The van der Waals surface area contributed by atoms with E-state index in [-0.39, 0.29) is 5.91 Å². The van der Waals surface area contributed by atoms with Crippen molar-refractivity contribution in [2.75, 3.05) is 31.1 Å². The van der Waals surface area contributed by atoms with Gasteiger partial charge in [0.1, 0.15) is 17.3 Å². The summed E-state index contributed by atoms with van der Waals surface area (Å²) in [6, 6.07) is 5.99. The summed E-state index contributed by atoms with van der Waals surface area (Å²) in [4.78, 5) is 19.7. The van der Waals surface area contributed by atoms with Crippen LogP contribution in [-0.4, -0.2) is 42.0 Å². The zero-order valence-corrected chi connectivity index (χ0v) is 14.2. The molecule has 0 saturated carbocycles. The summed E-state index contributed by atoms with van der Waals surface area (Å²) >= 11 is 0. The Balaban J connectivity index is 1.55. The minimum absolute atomic E-state index is 0.126. The quantitative estimate of drug-likeness (QED) is 0.783. The normalized spacial score (nSPS) is 15.7. The van der Waals surface area contributed by atoms with Crippen LogP contribution in [0.2, 0.25) is 0 Å². The van der Waals surface area contributed by atoms with Gasteiger partial charge >= 0.3 is 6.18 Å². The molecular weight excluding hydrogens is 347 g/mol. The van der Waals surface area contributed by atoms with Gasteiger partial charge in [-0.2, -0.15) is 13.2 Å². The fourth-order valence-corrected chi connectivity index (χ4v) is 2.70. The summed E-state index contributed by atoms with van der Waals surface area (Å²) in [5, 5.41) is 0. The number of pyridine rings is 1. The number of anilines is 1. The number of hydrogen-bond acceptors (Lipinski definition) is 4. The Kier molecular flexibility index (Phi) is 5.01. The van der Waals surface area contributed by atoms with Gasteiger partial charge in [-0.1, -0.05) is 0 Å². The molecule has 3 rings (SSSR count). The van der Waals surface area contributed by atoms with Gasteiger partial charge in [-0.15, -0.1) is 0 Å². The van der Waals surface area contributed by atoms with Crippen LogP contribution in [-0.2, 0) is 11.0 Å². The second kappa shape index (κ2) is 7.23. The Labute approximate surface area is 148 Å². The topological polar surface area (TPSA) is 49.6 Å². The van der Waals surface area contributed by atoms with E-state index in [1.807, 2.05) is 17.9 Å². The van der Waals surface area contributed by atoms with E-state index in [0.29, 0.717) is 37.8 Å². The van der Waals surface area contributed by atoms with E-state index < -0.39 is 11.7 Å². The summed E-state index contributed by atoms with van der Waals surface area (Å²) in [6.07, 6.45) is -0.472. The van der Waals surface area contributed by atoms with Crippen molar-refractivity contribution in [1.82, 2.24) is 9.88 Å². The van der Waals surface area contributed by atoms with Gasteiger partial charge in [0.15, 0.2) is 0 Å². The van der Waals surface area contributed by atoms with Crippen LogP contribution in [0, 0.1) is 6.92 Å². The second-order valence-corrected chi connectivity index (χ2v) is 6.00. The highest BCUT2D eigenvalue weighted by Crippen LogP contribution is 2.29. The Bertz CT molecular complexity index is 789. The van der Waals surface area contributed by atoms with Crippen LogP contribution in [0.5, 0.6) is 0 Å². The third-order valence-electron chi connectivity index (χ3n) is 4.14. The molecule has 2 aromatic rings. The number of nitrogens with zero attached hydrogens (tertiary/aromatic N) is 3. The molecule has 0 N–H and O–H groups in total. The number of aryl methyl sites for hydroxylation is 1. The molecule has 0 spiro atoms. The van der Waals surface area contributed by atoms with Crippen molar-refractivity contribution in [3.05, 3.63) is 53.6 Å². The Morgan fingerprint density at radius 3 is 2.42 bits per heavy atom. The van der Waals surface area contributed by atoms with Crippen LogP contribution in [0.15, 0.2) is 41.0 Å². The largest absolute Gasteiger partial charge is 0.462 e. The number of piperazine rings is 1. The first kappa shape index (κ1) is 18.0. The number of rotatable bonds is 3. The molecule has 138 valence electrons. The number of amides is 1. The van der Waals surface area contributed by atoms with Crippen molar-refractivity contribution >= 4 is 17.8 Å². The molecule has 1 amide bonds. The molecule has 26 heavy (non-hydrogen) atoms. The van der Waals surface area contributed by atoms with Crippen molar-refractivity contribution in [3.63, 3.8) is 0 Å². The van der Waals surface area contributed by atoms with Gasteiger partial charge in [-0.25, -0.2) is 4.98 Å². The highest BCUT2D eigenvalue weighted by molar-refractivity contribution is 5.91. The first-order valence-corrected chi connectivity index (χ1v) is 8.14. The van der Waals surface area contributed by atoms with E-state index >= 15 is 0 Å². The van der Waals surface area contributed by atoms with Gasteiger partial charge in [-0.3, -0.25) is 4.79 Å². The fourth-order valence-electron chi connectivity index (χ4n) is 2.70. The van der Waals surface area contributed by atoms with Crippen LogP contribution < -0.4 is 4.90 Å². The van der Waals surface area contributed by atoms with E-state index in [1.165, 1.54) is 12.1 Å². The molecule has 1 fully saturated rings. The number of alkyl halides is 3. The minimum atomic E-state index is -4.39. The molecule has 2 aromatic heterocycles. The Hall–Kier alpha value is -2.77. The number of halogens is 3. The smallest absolute Gasteiger partial charge is 0.417 e. The average Bonchev–Trinajstić information content (AvgIpc) is 3.04. The van der Waals surface area contributed by atoms with Crippen molar-refractivity contribution < 1.29 is 22.4 Å². The number of hydrogen-bond donors (Lipinski definition) is 0. The predicted molar refractivity (Wildman–Crippen MR) is 90.5 cm³/mol. The number of aromatic nitrogens is 1. The van der Waals surface area contributed by atoms with E-state index in [4.69, 9.17) is 4.42 Å². The number of carbonyl (C=O) groups is 1. The van der Waals surface area contributed by atoms with Gasteiger partial charge in [0.2, 0.25) is 5.91 Å². The third-order valence-corrected chi connectivity index (χ3v) is 4.14. The Morgan fingerprint density at radius 1 is 1.15 bits per heavy atom. The summed E-state index contributed by atoms with van der Waals surface area (Å²) in [6.45, 7) is 3.80. The summed E-state index contributed by atoms with van der Waals surface area (Å²) < 4.78 is 43.1. The molecule has 0 unspecified atom stereocenters. The summed E-state index contributed by atoms with van der Waals surface area (Å²) in [5.41, 5.74) is -0.770. The first-order valence-electron chi connectivity index (χ1n) is 8.14. The van der Waals surface area contributed by atoms with Crippen LogP contribution in [0.1, 0.15) is 17.1 Å². The zero-order valence-electron chi connectivity index (χ0n) is 14.2. The Morgan fingerprint density at radius 2 is 1.88 bits per heavy atom. The number of carbonyl (C=O) groups excluding carboxylic acids is 1. The van der Waals surface area contributed by atoms with E-state index in [0.717, 1.165) is 18.0 Å². The van der Waals surface area contributed by atoms with Crippen LogP contribution in [0.25, 0.3) is 6.08 Å². The van der Waals surface area contributed by atoms with Crippen LogP contribution in [0.4, 0.5) is 19.0 Å². The highest BCUT2D eigenvalue weighted by Gasteiger charge is 2.31. The first-order chi connectivity index (χ1) is 12.3. The predicted octanol–water partition coefficient (Wildman–Crippen LogP) is 3.36. The molecule has 5 nitrogen and oxygen atoms in total. The van der Waals surface area contributed by atoms with Crippen molar-refractivity contribution in [1.29, 1.82) is 0 Å². The lowest BCUT2D eigenvalue weighted by atomic mass is 10.2. The molecule has 0 radical (unpaired) electrons. The molecule has 1 aliphatic rings. The summed E-state index contributed by atoms with van der Waals surface area (Å²) in [5.74, 6) is 1.74. The minimum Gasteiger partial charge on any atom is -0.462 e. The molecule has 0 atom stereocenters. The van der Waals surface area contributed by atoms with Gasteiger partial charge in [-0.05, 0) is 37.3 Å². The van der Waals surface area contributed by atoms with Crippen LogP contribution >= 0.6 is 0 Å². The third kappa shape index (κ3) is 4.25. The lowest BCUT2D eigenvalue weighted by Gasteiger charge is -2.35. The molecule has 0 aliphatic carbocycles. The molecule has 3 heterocycles. The van der Waals surface area contributed by atoms with Crippen molar-refractivity contribution in [3.8, 4) is 0 Å². The maximum Gasteiger partial charge on any atom is 0.417 e. The standard InChI is InChI=1S/C18H18F3N3O2/c1-13-2-4-15(26-13)5-7-17(25)24-10-8-23(9-11-24)16-6-3-14(12-22-16)18(19,20)21/h2-7,12H,8-11H2,1H3/b7-5+. The molecule has 0 aromatic carbocycles. The summed E-state index contributed by atoms with van der Waals surface area (Å²) in [7, 11) is 0. The van der Waals surface area contributed by atoms with Crippen molar-refractivity contribution in [2.24, 2.45) is 0 Å². The van der Waals surface area contributed by atoms with Crippen molar-refractivity contribution in [2.45, 2.75) is 13.1 Å². The van der Waals surface area contributed by atoms with E-state index in [9.17, 15) is 18.0 Å². The van der Waals surface area contributed by atoms with Gasteiger partial charge in [0.05, 0.1) is 5.56 Å². The van der Waals surface area contributed by atoms with Crippen LogP contribution in [0.3, 0.4) is 0 Å². The monoisotopic (exact) mass is 365 g/mol. The highest BCUT2D eigenvalue weighted by atomic mass is 19.4. The lowest BCUT2D eigenvalue weighted by Crippen LogP contribution is -2.48. The molecular formula is C18H18F3N3O2. The number of furan rings is 1. The van der Waals surface area contributed by atoms with Gasteiger partial charge in [0, 0.05) is 38.5 Å². The lowest BCUT2D eigenvalue weighted by molar-refractivity contribution is -0.137. The molecule has 1 aliphatic heterocycles. The maximum absolute atomic E-state index is 12.6. The van der Waals surface area contributed by atoms with E-state index in [2.05, 4.69) is 4.98 Å². The molecule has 8 heteroatoms. The molecule has 0 bridgehead atoms. The maximum atomic E-state index is 12.6. The van der Waals surface area contributed by atoms with Gasteiger partial charge < -0.3 is 14.2 Å². The zero-order chi connectivity index (χ0) is 18.7. The second-order valence-electron chi connectivity index (χ2n) is 6.00. The fraction of sp³-hybridized carbons (Fsp3) is 0.333. The van der Waals surface area contributed by atoms with E-state index in [1.54, 1.807) is 17.0 Å².